The van der Waals surface area contributed by atoms with Crippen molar-refractivity contribution in [3.05, 3.63) is 35.1 Å². The number of hydrogen-bond donors (Lipinski definition) is 2. The van der Waals surface area contributed by atoms with Gasteiger partial charge in [-0.25, -0.2) is 14.6 Å². The summed E-state index contributed by atoms with van der Waals surface area (Å²) in [6, 6.07) is 7.41. The number of anilines is 3. The second-order valence-electron chi connectivity index (χ2n) is 6.27. The number of hydrazine groups is 1. The Balaban J connectivity index is 1.89. The molecule has 0 spiro atoms. The Labute approximate surface area is 161 Å². The molecule has 0 amide bonds. The highest BCUT2D eigenvalue weighted by Gasteiger charge is 2.40. The van der Waals surface area contributed by atoms with Crippen LogP contribution in [0.3, 0.4) is 0 Å². The minimum atomic E-state index is -2.76. The lowest BCUT2D eigenvalue weighted by Crippen LogP contribution is -2.33. The lowest BCUT2D eigenvalue weighted by Gasteiger charge is -2.26. The van der Waals surface area contributed by atoms with Crippen LogP contribution in [-0.2, 0) is 6.54 Å². The van der Waals surface area contributed by atoms with Crippen LogP contribution in [0.15, 0.2) is 24.3 Å². The Morgan fingerprint density at radius 2 is 2.04 bits per heavy atom. The largest absolute Gasteiger partial charge is 0.497 e. The van der Waals surface area contributed by atoms with Crippen LogP contribution < -0.4 is 25.8 Å². The Hall–Kier alpha value is -2.39. The normalized spacial score (nSPS) is 15.7. The van der Waals surface area contributed by atoms with Gasteiger partial charge in [-0.1, -0.05) is 12.1 Å². The summed E-state index contributed by atoms with van der Waals surface area (Å²) in [5.74, 6) is 4.84. The molecular formula is C17H21ClF2N6O. The summed E-state index contributed by atoms with van der Waals surface area (Å²) in [6.45, 7) is 0.0939. The molecule has 1 saturated heterocycles. The molecule has 0 aliphatic carbocycles. The van der Waals surface area contributed by atoms with E-state index in [1.54, 1.807) is 14.2 Å². The van der Waals surface area contributed by atoms with Crippen LogP contribution in [0.1, 0.15) is 12.0 Å². The zero-order valence-corrected chi connectivity index (χ0v) is 15.8. The molecular weight excluding hydrogens is 378 g/mol. The van der Waals surface area contributed by atoms with Gasteiger partial charge in [0.15, 0.2) is 11.6 Å². The molecule has 1 fully saturated rings. The summed E-state index contributed by atoms with van der Waals surface area (Å²) in [4.78, 5) is 9.84. The Morgan fingerprint density at radius 3 is 2.59 bits per heavy atom. The molecule has 7 nitrogen and oxygen atoms in total. The number of rotatable bonds is 6. The van der Waals surface area contributed by atoms with E-state index in [1.165, 1.54) is 9.91 Å². The maximum absolute atomic E-state index is 13.6. The maximum atomic E-state index is 13.6. The lowest BCUT2D eigenvalue weighted by molar-refractivity contribution is 0.0257. The number of nitrogens with one attached hydrogen (secondary N) is 1. The minimum Gasteiger partial charge on any atom is -0.497 e. The molecule has 3 N–H and O–H groups in total. The highest BCUT2D eigenvalue weighted by atomic mass is 35.5. The number of hydrogen-bond acceptors (Lipinski definition) is 7. The molecule has 10 heteroatoms. The topological polar surface area (TPSA) is 79.5 Å². The highest BCUT2D eigenvalue weighted by molar-refractivity contribution is 6.28. The quantitative estimate of drug-likeness (QED) is 0.440. The molecule has 1 aliphatic rings. The van der Waals surface area contributed by atoms with Crippen LogP contribution in [0, 0.1) is 0 Å². The molecule has 0 atom stereocenters. The molecule has 0 bridgehead atoms. The fourth-order valence-corrected chi connectivity index (χ4v) is 3.15. The van der Waals surface area contributed by atoms with Crippen molar-refractivity contribution in [2.45, 2.75) is 18.9 Å². The van der Waals surface area contributed by atoms with Crippen molar-refractivity contribution in [2.24, 2.45) is 5.84 Å². The van der Waals surface area contributed by atoms with Crippen molar-refractivity contribution in [3.63, 3.8) is 0 Å². The van der Waals surface area contributed by atoms with Crippen LogP contribution in [0.5, 0.6) is 5.75 Å². The zero-order chi connectivity index (χ0) is 19.6. The molecule has 1 aromatic carbocycles. The smallest absolute Gasteiger partial charge is 0.266 e. The molecule has 146 valence electrons. The second kappa shape index (κ2) is 7.69. The fraction of sp³-hybridized carbons (Fsp3) is 0.412. The molecule has 0 radical (unpaired) electrons. The highest BCUT2D eigenvalue weighted by Crippen LogP contribution is 2.38. The number of benzene rings is 1. The van der Waals surface area contributed by atoms with Crippen molar-refractivity contribution in [1.82, 2.24) is 9.97 Å². The van der Waals surface area contributed by atoms with Crippen LogP contribution in [0.2, 0.25) is 5.28 Å². The third kappa shape index (κ3) is 4.30. The van der Waals surface area contributed by atoms with Gasteiger partial charge >= 0.3 is 0 Å². The van der Waals surface area contributed by atoms with Gasteiger partial charge in [0.05, 0.1) is 20.2 Å². The van der Waals surface area contributed by atoms with Gasteiger partial charge in [0.2, 0.25) is 5.28 Å². The first-order valence-electron chi connectivity index (χ1n) is 8.36. The average Bonchev–Trinajstić information content (AvgIpc) is 3.01. The third-order valence-electron chi connectivity index (χ3n) is 4.35. The molecule has 2 aromatic rings. The third-order valence-corrected chi connectivity index (χ3v) is 4.52. The van der Waals surface area contributed by atoms with Crippen molar-refractivity contribution >= 4 is 28.9 Å². The van der Waals surface area contributed by atoms with Crippen LogP contribution >= 0.6 is 11.6 Å². The Bertz CT molecular complexity index is 805. The minimum absolute atomic E-state index is 0.0561. The van der Waals surface area contributed by atoms with Crippen LogP contribution in [-0.4, -0.2) is 43.1 Å². The van der Waals surface area contributed by atoms with E-state index < -0.39 is 12.5 Å². The number of alkyl halides is 2. The number of halogens is 3. The maximum Gasteiger partial charge on any atom is 0.266 e. The standard InChI is InChI=1S/C17H21ClF2N6O/c1-22-13-14(25-8-7-17(19,20)10-25)23-16(18)24-15(13)26(21)9-11-3-5-12(27-2)6-4-11/h3-6,22H,7-10,21H2,1-2H3. The van der Waals surface area contributed by atoms with Crippen molar-refractivity contribution in [2.75, 3.05) is 42.5 Å². The molecule has 1 aliphatic heterocycles. The van der Waals surface area contributed by atoms with E-state index in [2.05, 4.69) is 15.3 Å². The zero-order valence-electron chi connectivity index (χ0n) is 15.0. The SMILES string of the molecule is CNc1c(N(N)Cc2ccc(OC)cc2)nc(Cl)nc1N1CCC(F)(F)C1. The Kier molecular flexibility index (Phi) is 5.52. The van der Waals surface area contributed by atoms with E-state index in [4.69, 9.17) is 22.2 Å². The molecule has 0 unspecified atom stereocenters. The summed E-state index contributed by atoms with van der Waals surface area (Å²) in [5, 5.41) is 4.31. The van der Waals surface area contributed by atoms with Crippen LogP contribution in [0.25, 0.3) is 0 Å². The number of nitrogens with two attached hydrogens (primary N) is 1. The predicted molar refractivity (Wildman–Crippen MR) is 102 cm³/mol. The molecule has 3 rings (SSSR count). The lowest BCUT2D eigenvalue weighted by atomic mass is 10.2. The van der Waals surface area contributed by atoms with E-state index in [0.717, 1.165) is 11.3 Å². The summed E-state index contributed by atoms with van der Waals surface area (Å²) >= 11 is 6.05. The number of nitrogens with zero attached hydrogens (tertiary/aromatic N) is 4. The van der Waals surface area contributed by atoms with E-state index in [0.29, 0.717) is 23.9 Å². The second-order valence-corrected chi connectivity index (χ2v) is 6.61. The van der Waals surface area contributed by atoms with Gasteiger partial charge in [0.25, 0.3) is 5.92 Å². The fourth-order valence-electron chi connectivity index (χ4n) is 2.99. The number of ether oxygens (including phenoxy) is 1. The van der Waals surface area contributed by atoms with Gasteiger partial charge in [-0.15, -0.1) is 0 Å². The number of aromatic nitrogens is 2. The van der Waals surface area contributed by atoms with Crippen molar-refractivity contribution in [1.29, 1.82) is 0 Å². The molecule has 2 heterocycles. The molecule has 1 aromatic heterocycles. The monoisotopic (exact) mass is 398 g/mol. The first-order valence-corrected chi connectivity index (χ1v) is 8.74. The van der Waals surface area contributed by atoms with Crippen LogP contribution in [0.4, 0.5) is 26.1 Å². The number of methoxy groups -OCH3 is 1. The van der Waals surface area contributed by atoms with E-state index in [-0.39, 0.29) is 18.2 Å². The van der Waals surface area contributed by atoms with E-state index in [1.807, 2.05) is 24.3 Å². The summed E-state index contributed by atoms with van der Waals surface area (Å²) in [6.07, 6.45) is -0.231. The van der Waals surface area contributed by atoms with Gasteiger partial charge in [-0.2, -0.15) is 9.97 Å². The van der Waals surface area contributed by atoms with Gasteiger partial charge in [0.1, 0.15) is 11.4 Å². The summed E-state index contributed by atoms with van der Waals surface area (Å²) < 4.78 is 32.4. The van der Waals surface area contributed by atoms with Gasteiger partial charge in [-0.05, 0) is 29.3 Å². The average molecular weight is 399 g/mol. The van der Waals surface area contributed by atoms with Gasteiger partial charge in [0, 0.05) is 20.0 Å². The van der Waals surface area contributed by atoms with Crippen molar-refractivity contribution in [3.8, 4) is 5.75 Å². The molecule has 27 heavy (non-hydrogen) atoms. The molecule has 0 saturated carbocycles. The Morgan fingerprint density at radius 1 is 1.33 bits per heavy atom. The predicted octanol–water partition coefficient (Wildman–Crippen LogP) is 2.91. The summed E-state index contributed by atoms with van der Waals surface area (Å²) in [7, 11) is 3.25. The van der Waals surface area contributed by atoms with Gasteiger partial charge in [-0.3, -0.25) is 5.01 Å². The van der Waals surface area contributed by atoms with Crippen molar-refractivity contribution < 1.29 is 13.5 Å². The van der Waals surface area contributed by atoms with E-state index in [9.17, 15) is 8.78 Å². The first kappa shape index (κ1) is 19.4. The first-order chi connectivity index (χ1) is 12.8. The summed E-state index contributed by atoms with van der Waals surface area (Å²) in [5.41, 5.74) is 1.37. The van der Waals surface area contributed by atoms with E-state index >= 15 is 0 Å². The van der Waals surface area contributed by atoms with Gasteiger partial charge < -0.3 is 15.0 Å².